The van der Waals surface area contributed by atoms with Gasteiger partial charge in [-0.1, -0.05) is 20.3 Å². The lowest BCUT2D eigenvalue weighted by atomic mass is 9.97. The molecule has 1 saturated heterocycles. The standard InChI is InChI=1S/C14H27N3O3/c1-4-8-14(3,12(18)19)16-13(20)15-10-11-7-6-9-17(11)5-2/h11H,4-10H2,1-3H3,(H,18,19)(H2,15,16,20). The highest BCUT2D eigenvalue weighted by atomic mass is 16.4. The summed E-state index contributed by atoms with van der Waals surface area (Å²) in [4.78, 5) is 25.5. The highest BCUT2D eigenvalue weighted by molar-refractivity contribution is 5.85. The SMILES string of the molecule is CCCC(C)(NC(=O)NCC1CCCN1CC)C(=O)O. The fraction of sp³-hybridized carbons (Fsp3) is 0.857. The molecule has 1 aliphatic heterocycles. The van der Waals surface area contributed by atoms with Gasteiger partial charge in [-0.15, -0.1) is 0 Å². The first-order valence-electron chi connectivity index (χ1n) is 7.46. The lowest BCUT2D eigenvalue weighted by Gasteiger charge is -2.27. The Labute approximate surface area is 120 Å². The number of hydrogen-bond acceptors (Lipinski definition) is 3. The Balaban J connectivity index is 2.44. The third-order valence-corrected chi connectivity index (χ3v) is 4.01. The van der Waals surface area contributed by atoms with Crippen molar-refractivity contribution in [3.63, 3.8) is 0 Å². The Bertz CT molecular complexity index is 349. The zero-order valence-corrected chi connectivity index (χ0v) is 12.7. The molecule has 2 amide bonds. The molecule has 6 heteroatoms. The Morgan fingerprint density at radius 1 is 1.40 bits per heavy atom. The van der Waals surface area contributed by atoms with Crippen molar-refractivity contribution in [3.8, 4) is 0 Å². The molecule has 20 heavy (non-hydrogen) atoms. The summed E-state index contributed by atoms with van der Waals surface area (Å²) in [5.41, 5.74) is -1.20. The molecule has 0 radical (unpaired) electrons. The van der Waals surface area contributed by atoms with E-state index >= 15 is 0 Å². The van der Waals surface area contributed by atoms with Gasteiger partial charge in [0.1, 0.15) is 5.54 Å². The number of carboxylic acid groups (broad SMARTS) is 1. The smallest absolute Gasteiger partial charge is 0.329 e. The molecule has 0 bridgehead atoms. The quantitative estimate of drug-likeness (QED) is 0.660. The van der Waals surface area contributed by atoms with Crippen LogP contribution in [-0.2, 0) is 4.79 Å². The first-order chi connectivity index (χ1) is 9.42. The van der Waals surface area contributed by atoms with Crippen molar-refractivity contribution in [2.24, 2.45) is 0 Å². The van der Waals surface area contributed by atoms with E-state index in [1.165, 1.54) is 0 Å². The first-order valence-corrected chi connectivity index (χ1v) is 7.46. The number of nitrogens with one attached hydrogen (secondary N) is 2. The van der Waals surface area contributed by atoms with Crippen molar-refractivity contribution in [1.29, 1.82) is 0 Å². The molecule has 0 aromatic carbocycles. The predicted octanol–water partition coefficient (Wildman–Crippen LogP) is 1.41. The van der Waals surface area contributed by atoms with Gasteiger partial charge in [0.05, 0.1) is 0 Å². The van der Waals surface area contributed by atoms with Crippen LogP contribution in [0.1, 0.15) is 46.5 Å². The highest BCUT2D eigenvalue weighted by Gasteiger charge is 2.34. The second-order valence-corrected chi connectivity index (χ2v) is 5.65. The second-order valence-electron chi connectivity index (χ2n) is 5.65. The van der Waals surface area contributed by atoms with Gasteiger partial charge >= 0.3 is 12.0 Å². The summed E-state index contributed by atoms with van der Waals surface area (Å²) >= 11 is 0. The summed E-state index contributed by atoms with van der Waals surface area (Å²) in [6, 6.07) is -0.0284. The summed E-state index contributed by atoms with van der Waals surface area (Å²) < 4.78 is 0. The van der Waals surface area contributed by atoms with Crippen LogP contribution in [0.15, 0.2) is 0 Å². The van der Waals surface area contributed by atoms with Crippen LogP contribution in [0.2, 0.25) is 0 Å². The summed E-state index contributed by atoms with van der Waals surface area (Å²) in [5.74, 6) is -0.995. The second kappa shape index (κ2) is 7.47. The van der Waals surface area contributed by atoms with Gasteiger partial charge in [0.15, 0.2) is 0 Å². The zero-order valence-electron chi connectivity index (χ0n) is 12.7. The molecule has 1 fully saturated rings. The Morgan fingerprint density at radius 3 is 2.65 bits per heavy atom. The number of amides is 2. The van der Waals surface area contributed by atoms with E-state index in [4.69, 9.17) is 0 Å². The normalized spacial score (nSPS) is 22.2. The fourth-order valence-corrected chi connectivity index (χ4v) is 2.77. The van der Waals surface area contributed by atoms with Crippen LogP contribution in [0.25, 0.3) is 0 Å². The van der Waals surface area contributed by atoms with Gasteiger partial charge in [-0.2, -0.15) is 0 Å². The lowest BCUT2D eigenvalue weighted by molar-refractivity contribution is -0.144. The maximum Gasteiger partial charge on any atom is 0.329 e. The minimum absolute atomic E-state index is 0.369. The maximum atomic E-state index is 11.9. The number of rotatable bonds is 7. The number of likely N-dealkylation sites (N-methyl/N-ethyl adjacent to an activating group) is 1. The van der Waals surface area contributed by atoms with Gasteiger partial charge in [0, 0.05) is 12.6 Å². The van der Waals surface area contributed by atoms with Crippen LogP contribution in [-0.4, -0.2) is 53.2 Å². The average Bonchev–Trinajstić information content (AvgIpc) is 2.83. The van der Waals surface area contributed by atoms with Crippen LogP contribution in [0, 0.1) is 0 Å². The summed E-state index contributed by atoms with van der Waals surface area (Å²) in [7, 11) is 0. The average molecular weight is 285 g/mol. The molecule has 2 unspecified atom stereocenters. The number of carboxylic acids is 1. The molecular formula is C14H27N3O3. The molecule has 0 aromatic rings. The van der Waals surface area contributed by atoms with Crippen LogP contribution in [0.3, 0.4) is 0 Å². The van der Waals surface area contributed by atoms with E-state index in [1.807, 2.05) is 6.92 Å². The topological polar surface area (TPSA) is 81.7 Å². The molecule has 0 saturated carbocycles. The number of aliphatic carboxylic acids is 1. The van der Waals surface area contributed by atoms with E-state index < -0.39 is 17.5 Å². The molecule has 6 nitrogen and oxygen atoms in total. The van der Waals surface area contributed by atoms with E-state index in [2.05, 4.69) is 22.5 Å². The highest BCUT2D eigenvalue weighted by Crippen LogP contribution is 2.16. The minimum Gasteiger partial charge on any atom is -0.480 e. The molecule has 1 heterocycles. The monoisotopic (exact) mass is 285 g/mol. The number of likely N-dealkylation sites (tertiary alicyclic amines) is 1. The molecule has 3 N–H and O–H groups in total. The Hall–Kier alpha value is -1.30. The molecule has 0 aliphatic carbocycles. The third kappa shape index (κ3) is 4.37. The maximum absolute atomic E-state index is 11.9. The van der Waals surface area contributed by atoms with Crippen molar-refractivity contribution < 1.29 is 14.7 Å². The number of urea groups is 1. The van der Waals surface area contributed by atoms with Gasteiger partial charge < -0.3 is 15.7 Å². The van der Waals surface area contributed by atoms with Crippen LogP contribution in [0.4, 0.5) is 4.79 Å². The molecule has 1 rings (SSSR count). The van der Waals surface area contributed by atoms with Crippen LogP contribution < -0.4 is 10.6 Å². The molecule has 116 valence electrons. The first kappa shape index (κ1) is 16.8. The van der Waals surface area contributed by atoms with E-state index in [9.17, 15) is 14.7 Å². The van der Waals surface area contributed by atoms with Gasteiger partial charge in [0.25, 0.3) is 0 Å². The molecule has 0 spiro atoms. The summed E-state index contributed by atoms with van der Waals surface area (Å²) in [6.45, 7) is 8.19. The van der Waals surface area contributed by atoms with Gasteiger partial charge in [-0.05, 0) is 39.3 Å². The number of carbonyl (C=O) groups is 2. The largest absolute Gasteiger partial charge is 0.480 e. The Morgan fingerprint density at radius 2 is 2.10 bits per heavy atom. The van der Waals surface area contributed by atoms with E-state index in [0.717, 1.165) is 25.9 Å². The number of hydrogen-bond donors (Lipinski definition) is 3. The van der Waals surface area contributed by atoms with Crippen molar-refractivity contribution in [3.05, 3.63) is 0 Å². The van der Waals surface area contributed by atoms with Gasteiger partial charge in [0.2, 0.25) is 0 Å². The van der Waals surface area contributed by atoms with E-state index in [0.29, 0.717) is 25.4 Å². The van der Waals surface area contributed by atoms with E-state index in [-0.39, 0.29) is 0 Å². The van der Waals surface area contributed by atoms with Gasteiger partial charge in [-0.3, -0.25) is 4.90 Å². The summed E-state index contributed by atoms with van der Waals surface area (Å²) in [5, 5.41) is 14.6. The lowest BCUT2D eigenvalue weighted by Crippen LogP contribution is -2.56. The number of carbonyl (C=O) groups excluding carboxylic acids is 1. The van der Waals surface area contributed by atoms with Crippen LogP contribution >= 0.6 is 0 Å². The summed E-state index contributed by atoms with van der Waals surface area (Å²) in [6.07, 6.45) is 3.36. The van der Waals surface area contributed by atoms with Crippen molar-refractivity contribution in [1.82, 2.24) is 15.5 Å². The Kier molecular flexibility index (Phi) is 6.26. The fourth-order valence-electron chi connectivity index (χ4n) is 2.77. The molecular weight excluding hydrogens is 258 g/mol. The van der Waals surface area contributed by atoms with Crippen molar-refractivity contribution in [2.75, 3.05) is 19.6 Å². The van der Waals surface area contributed by atoms with Crippen LogP contribution in [0.5, 0.6) is 0 Å². The molecule has 1 aliphatic rings. The van der Waals surface area contributed by atoms with Crippen molar-refractivity contribution in [2.45, 2.75) is 58.0 Å². The van der Waals surface area contributed by atoms with E-state index in [1.54, 1.807) is 6.92 Å². The number of nitrogens with zero attached hydrogens (tertiary/aromatic N) is 1. The van der Waals surface area contributed by atoms with Crippen molar-refractivity contribution >= 4 is 12.0 Å². The minimum atomic E-state index is -1.20. The zero-order chi connectivity index (χ0) is 15.2. The molecule has 2 atom stereocenters. The predicted molar refractivity (Wildman–Crippen MR) is 77.8 cm³/mol. The third-order valence-electron chi connectivity index (χ3n) is 4.01. The van der Waals surface area contributed by atoms with Gasteiger partial charge in [-0.25, -0.2) is 9.59 Å². The molecule has 0 aromatic heterocycles.